The normalized spacial score (nSPS) is 8.82. The van der Waals surface area contributed by atoms with Gasteiger partial charge in [-0.3, -0.25) is 5.84 Å². The topological polar surface area (TPSA) is 61.8 Å². The Balaban J connectivity index is 3.23. The first-order valence-electron chi connectivity index (χ1n) is 2.95. The molecule has 0 amide bonds. The number of nitrogen functional groups attached to an aromatic ring is 1. The van der Waals surface area contributed by atoms with Gasteiger partial charge in [0.1, 0.15) is 6.07 Å². The van der Waals surface area contributed by atoms with Gasteiger partial charge in [0.05, 0.1) is 16.3 Å². The molecule has 0 saturated carbocycles. The molecule has 0 aliphatic carbocycles. The van der Waals surface area contributed by atoms with Crippen molar-refractivity contribution in [2.24, 2.45) is 5.84 Å². The Morgan fingerprint density at radius 1 is 1.55 bits per heavy atom. The molecule has 1 rings (SSSR count). The van der Waals surface area contributed by atoms with Crippen molar-refractivity contribution >= 4 is 17.3 Å². The molecule has 0 radical (unpaired) electrons. The average Bonchev–Trinajstić information content (AvgIpc) is 2.05. The first-order valence-corrected chi connectivity index (χ1v) is 3.32. The van der Waals surface area contributed by atoms with E-state index < -0.39 is 0 Å². The van der Waals surface area contributed by atoms with Crippen molar-refractivity contribution < 1.29 is 0 Å². The molecule has 0 bridgehead atoms. The largest absolute Gasteiger partial charge is 0.323 e. The van der Waals surface area contributed by atoms with E-state index in [1.165, 1.54) is 0 Å². The molecule has 0 aromatic heterocycles. The van der Waals surface area contributed by atoms with Crippen LogP contribution in [0.1, 0.15) is 5.56 Å². The maximum atomic E-state index is 8.54. The van der Waals surface area contributed by atoms with Crippen molar-refractivity contribution in [2.45, 2.75) is 0 Å². The second-order valence-electron chi connectivity index (χ2n) is 1.92. The van der Waals surface area contributed by atoms with E-state index in [9.17, 15) is 0 Å². The van der Waals surface area contributed by atoms with Gasteiger partial charge in [-0.25, -0.2) is 0 Å². The number of anilines is 1. The maximum absolute atomic E-state index is 8.54. The summed E-state index contributed by atoms with van der Waals surface area (Å²) in [4.78, 5) is 0. The second kappa shape index (κ2) is 3.24. The van der Waals surface area contributed by atoms with Gasteiger partial charge in [-0.05, 0) is 12.1 Å². The summed E-state index contributed by atoms with van der Waals surface area (Å²) in [5, 5.41) is 8.89. The number of halogens is 1. The Morgan fingerprint density at radius 2 is 2.27 bits per heavy atom. The highest BCUT2D eigenvalue weighted by Crippen LogP contribution is 2.23. The number of hydrogen-bond donors (Lipinski definition) is 2. The van der Waals surface area contributed by atoms with E-state index >= 15 is 0 Å². The summed E-state index contributed by atoms with van der Waals surface area (Å²) in [7, 11) is 0. The Hall–Kier alpha value is -1.24. The van der Waals surface area contributed by atoms with Crippen LogP contribution in [0.3, 0.4) is 0 Å². The predicted octanol–water partition coefficient (Wildman–Crippen LogP) is 1.50. The molecule has 11 heavy (non-hydrogen) atoms. The number of hydrogen-bond acceptors (Lipinski definition) is 3. The molecule has 0 heterocycles. The number of nitrogens with one attached hydrogen (secondary N) is 1. The molecule has 0 saturated heterocycles. The van der Waals surface area contributed by atoms with Crippen LogP contribution >= 0.6 is 11.6 Å². The Labute approximate surface area is 69.4 Å². The van der Waals surface area contributed by atoms with Crippen LogP contribution in [0.25, 0.3) is 0 Å². The first-order chi connectivity index (χ1) is 5.29. The molecule has 1 aromatic rings. The lowest BCUT2D eigenvalue weighted by Gasteiger charge is -2.02. The predicted molar refractivity (Wildman–Crippen MR) is 44.0 cm³/mol. The molecule has 0 aliphatic rings. The van der Waals surface area contributed by atoms with Crippen LogP contribution in [-0.2, 0) is 0 Å². The maximum Gasteiger partial charge on any atom is 0.101 e. The van der Waals surface area contributed by atoms with Gasteiger partial charge in [0.25, 0.3) is 0 Å². The fraction of sp³-hybridized carbons (Fsp3) is 0. The van der Waals surface area contributed by atoms with Crippen LogP contribution in [0.15, 0.2) is 18.2 Å². The van der Waals surface area contributed by atoms with Gasteiger partial charge >= 0.3 is 0 Å². The highest BCUT2D eigenvalue weighted by Gasteiger charge is 2.02. The number of rotatable bonds is 1. The summed E-state index contributed by atoms with van der Waals surface area (Å²) in [5.41, 5.74) is 3.37. The zero-order valence-corrected chi connectivity index (χ0v) is 6.39. The van der Waals surface area contributed by atoms with Crippen LogP contribution < -0.4 is 11.3 Å². The van der Waals surface area contributed by atoms with E-state index in [-0.39, 0.29) is 0 Å². The highest BCUT2D eigenvalue weighted by atomic mass is 35.5. The molecular formula is C7H6ClN3. The quantitative estimate of drug-likeness (QED) is 0.492. The Bertz CT molecular complexity index is 303. The molecule has 3 N–H and O–H groups in total. The van der Waals surface area contributed by atoms with Gasteiger partial charge in [0.2, 0.25) is 0 Å². The lowest BCUT2D eigenvalue weighted by Crippen LogP contribution is -2.07. The molecule has 0 fully saturated rings. The summed E-state index contributed by atoms with van der Waals surface area (Å²) in [6, 6.07) is 6.98. The molecule has 1 aromatic carbocycles. The Kier molecular flexibility index (Phi) is 2.32. The molecule has 4 heteroatoms. The van der Waals surface area contributed by atoms with E-state index in [4.69, 9.17) is 22.7 Å². The lowest BCUT2D eigenvalue weighted by molar-refractivity contribution is 1.34. The van der Waals surface area contributed by atoms with Crippen LogP contribution in [0, 0.1) is 11.3 Å². The van der Waals surface area contributed by atoms with Crippen molar-refractivity contribution in [2.75, 3.05) is 5.43 Å². The molecule has 3 nitrogen and oxygen atoms in total. The van der Waals surface area contributed by atoms with E-state index in [0.717, 1.165) is 0 Å². The third-order valence-electron chi connectivity index (χ3n) is 1.27. The van der Waals surface area contributed by atoms with Gasteiger partial charge in [0.15, 0.2) is 0 Å². The second-order valence-corrected chi connectivity index (χ2v) is 2.30. The molecular weight excluding hydrogens is 162 g/mol. The minimum Gasteiger partial charge on any atom is -0.323 e. The smallest absolute Gasteiger partial charge is 0.101 e. The average molecular weight is 168 g/mol. The van der Waals surface area contributed by atoms with Gasteiger partial charge in [-0.15, -0.1) is 0 Å². The standard InChI is InChI=1S/C7H6ClN3/c8-7-5(4-9)2-1-3-6(7)11-10/h1-3,11H,10H2. The van der Waals surface area contributed by atoms with Gasteiger partial charge < -0.3 is 5.43 Å². The third-order valence-corrected chi connectivity index (χ3v) is 1.68. The SMILES string of the molecule is N#Cc1cccc(NN)c1Cl. The third kappa shape index (κ3) is 1.43. The van der Waals surface area contributed by atoms with Gasteiger partial charge in [-0.2, -0.15) is 5.26 Å². The van der Waals surface area contributed by atoms with Crippen LogP contribution in [0.4, 0.5) is 5.69 Å². The van der Waals surface area contributed by atoms with Crippen LogP contribution in [0.5, 0.6) is 0 Å². The fourth-order valence-corrected chi connectivity index (χ4v) is 0.953. The summed E-state index contributed by atoms with van der Waals surface area (Å²) in [6.45, 7) is 0. The number of nitrogens with two attached hydrogens (primary N) is 1. The summed E-state index contributed by atoms with van der Waals surface area (Å²) in [6.07, 6.45) is 0. The van der Waals surface area contributed by atoms with Crippen molar-refractivity contribution in [3.63, 3.8) is 0 Å². The number of nitriles is 1. The summed E-state index contributed by atoms with van der Waals surface area (Å²) in [5.74, 6) is 5.13. The zero-order valence-electron chi connectivity index (χ0n) is 5.63. The van der Waals surface area contributed by atoms with Crippen molar-refractivity contribution in [1.82, 2.24) is 0 Å². The van der Waals surface area contributed by atoms with Crippen molar-refractivity contribution in [3.05, 3.63) is 28.8 Å². The number of benzene rings is 1. The minimum absolute atomic E-state index is 0.359. The number of hydrazine groups is 1. The summed E-state index contributed by atoms with van der Waals surface area (Å²) < 4.78 is 0. The Morgan fingerprint density at radius 3 is 2.82 bits per heavy atom. The number of nitrogens with zero attached hydrogens (tertiary/aromatic N) is 1. The minimum atomic E-state index is 0.359. The van der Waals surface area contributed by atoms with Gasteiger partial charge in [0, 0.05) is 0 Å². The van der Waals surface area contributed by atoms with E-state index in [2.05, 4.69) is 5.43 Å². The molecule has 56 valence electrons. The van der Waals surface area contributed by atoms with Crippen molar-refractivity contribution in [1.29, 1.82) is 5.26 Å². The fourth-order valence-electron chi connectivity index (χ4n) is 0.730. The first kappa shape index (κ1) is 7.86. The van der Waals surface area contributed by atoms with E-state index in [0.29, 0.717) is 16.3 Å². The van der Waals surface area contributed by atoms with Gasteiger partial charge in [-0.1, -0.05) is 17.7 Å². The monoisotopic (exact) mass is 167 g/mol. The van der Waals surface area contributed by atoms with E-state index in [1.807, 2.05) is 6.07 Å². The van der Waals surface area contributed by atoms with Crippen molar-refractivity contribution in [3.8, 4) is 6.07 Å². The summed E-state index contributed by atoms with van der Waals surface area (Å²) >= 11 is 5.74. The molecule has 0 spiro atoms. The van der Waals surface area contributed by atoms with E-state index in [1.54, 1.807) is 18.2 Å². The molecule has 0 unspecified atom stereocenters. The zero-order chi connectivity index (χ0) is 8.27. The van der Waals surface area contributed by atoms with Crippen LogP contribution in [0.2, 0.25) is 5.02 Å². The van der Waals surface area contributed by atoms with Crippen LogP contribution in [-0.4, -0.2) is 0 Å². The lowest BCUT2D eigenvalue weighted by atomic mass is 10.2. The molecule has 0 atom stereocenters. The highest BCUT2D eigenvalue weighted by molar-refractivity contribution is 6.34. The molecule has 0 aliphatic heterocycles.